The second kappa shape index (κ2) is 5.98. The van der Waals surface area contributed by atoms with Crippen LogP contribution in [-0.4, -0.2) is 38.2 Å². The number of hydrogen-bond acceptors (Lipinski definition) is 7. The fraction of sp³-hybridized carbons (Fsp3) is 0.231. The molecule has 0 aliphatic heterocycles. The van der Waals surface area contributed by atoms with Crippen LogP contribution in [0.25, 0.3) is 22.3 Å². The molecule has 21 heavy (non-hydrogen) atoms. The van der Waals surface area contributed by atoms with Gasteiger partial charge in [-0.05, 0) is 12.5 Å². The fourth-order valence-electron chi connectivity index (χ4n) is 1.93. The van der Waals surface area contributed by atoms with Crippen molar-refractivity contribution in [3.63, 3.8) is 0 Å². The normalized spacial score (nSPS) is 10.9. The first-order valence-corrected chi connectivity index (χ1v) is 7.30. The Morgan fingerprint density at radius 2 is 2.29 bits per heavy atom. The lowest BCUT2D eigenvalue weighted by Crippen LogP contribution is -2.07. The van der Waals surface area contributed by atoms with E-state index < -0.39 is 0 Å². The Morgan fingerprint density at radius 1 is 1.38 bits per heavy atom. The van der Waals surface area contributed by atoms with Crippen LogP contribution in [0.2, 0.25) is 0 Å². The van der Waals surface area contributed by atoms with E-state index >= 15 is 0 Å². The maximum absolute atomic E-state index is 11.8. The number of hydrogen-bond donors (Lipinski definition) is 3. The van der Waals surface area contributed by atoms with Gasteiger partial charge in [-0.2, -0.15) is 0 Å². The fourth-order valence-corrected chi connectivity index (χ4v) is 2.65. The number of H-pyrrole nitrogens is 1. The van der Waals surface area contributed by atoms with Gasteiger partial charge in [0, 0.05) is 24.7 Å². The van der Waals surface area contributed by atoms with Crippen LogP contribution in [0.3, 0.4) is 0 Å². The lowest BCUT2D eigenvalue weighted by Gasteiger charge is -2.01. The summed E-state index contributed by atoms with van der Waals surface area (Å²) in [6, 6.07) is 1.64. The summed E-state index contributed by atoms with van der Waals surface area (Å²) in [4.78, 5) is 27.2. The van der Waals surface area contributed by atoms with Gasteiger partial charge in [-0.25, -0.2) is 9.97 Å². The zero-order valence-electron chi connectivity index (χ0n) is 11.0. The van der Waals surface area contributed by atoms with E-state index in [1.165, 1.54) is 17.7 Å². The Labute approximate surface area is 123 Å². The first kappa shape index (κ1) is 13.7. The van der Waals surface area contributed by atoms with Gasteiger partial charge in [0.05, 0.1) is 11.7 Å². The largest absolute Gasteiger partial charge is 0.396 e. The number of aromatic amines is 1. The number of rotatable bonds is 5. The van der Waals surface area contributed by atoms with Crippen LogP contribution in [0.5, 0.6) is 0 Å². The maximum atomic E-state index is 11.8. The van der Waals surface area contributed by atoms with Crippen molar-refractivity contribution in [2.75, 3.05) is 18.5 Å². The van der Waals surface area contributed by atoms with Crippen LogP contribution in [0.1, 0.15) is 6.42 Å². The second-order valence-corrected chi connectivity index (χ2v) is 5.19. The molecule has 0 bridgehead atoms. The molecule has 0 fully saturated rings. The van der Waals surface area contributed by atoms with Crippen molar-refractivity contribution >= 4 is 27.4 Å². The van der Waals surface area contributed by atoms with Gasteiger partial charge in [-0.3, -0.25) is 9.78 Å². The molecule has 0 atom stereocenters. The number of thiazole rings is 1. The first-order valence-electron chi connectivity index (χ1n) is 6.42. The summed E-state index contributed by atoms with van der Waals surface area (Å²) in [5.41, 5.74) is 1.61. The molecule has 0 spiro atoms. The summed E-state index contributed by atoms with van der Waals surface area (Å²) >= 11 is 1.45. The number of aromatic nitrogens is 4. The average molecular weight is 303 g/mol. The van der Waals surface area contributed by atoms with E-state index in [2.05, 4.69) is 25.3 Å². The topological polar surface area (TPSA) is 104 Å². The minimum atomic E-state index is -0.194. The van der Waals surface area contributed by atoms with Crippen molar-refractivity contribution in [3.05, 3.63) is 34.3 Å². The second-order valence-electron chi connectivity index (χ2n) is 4.33. The van der Waals surface area contributed by atoms with Crippen LogP contribution in [0.4, 0.5) is 5.13 Å². The molecule has 108 valence electrons. The molecule has 3 heterocycles. The summed E-state index contributed by atoms with van der Waals surface area (Å²) in [6.45, 7) is 0.799. The highest BCUT2D eigenvalue weighted by Crippen LogP contribution is 2.26. The molecule has 0 aliphatic rings. The number of pyridine rings is 1. The van der Waals surface area contributed by atoms with Crippen LogP contribution in [0, 0.1) is 0 Å². The third-order valence-electron chi connectivity index (χ3n) is 2.92. The Morgan fingerprint density at radius 3 is 3.14 bits per heavy atom. The summed E-state index contributed by atoms with van der Waals surface area (Å²) in [6.07, 6.45) is 3.60. The van der Waals surface area contributed by atoms with Crippen molar-refractivity contribution in [2.45, 2.75) is 6.42 Å². The predicted molar refractivity (Wildman–Crippen MR) is 81.5 cm³/mol. The van der Waals surface area contributed by atoms with Gasteiger partial charge in [0.15, 0.2) is 5.13 Å². The van der Waals surface area contributed by atoms with E-state index in [0.717, 1.165) is 5.13 Å². The lowest BCUT2D eigenvalue weighted by molar-refractivity contribution is 0.292. The number of nitrogens with one attached hydrogen (secondary N) is 2. The molecular weight excluding hydrogens is 290 g/mol. The molecule has 3 N–H and O–H groups in total. The molecule has 0 aromatic carbocycles. The molecule has 0 aliphatic carbocycles. The Kier molecular flexibility index (Phi) is 3.89. The zero-order chi connectivity index (χ0) is 14.7. The summed E-state index contributed by atoms with van der Waals surface area (Å²) < 4.78 is 0. The smallest absolute Gasteiger partial charge is 0.258 e. The quantitative estimate of drug-likeness (QED) is 0.613. The molecular formula is C13H13N5O2S. The summed E-state index contributed by atoms with van der Waals surface area (Å²) in [7, 11) is 0. The molecule has 3 aromatic heterocycles. The van der Waals surface area contributed by atoms with Crippen LogP contribution < -0.4 is 10.9 Å². The van der Waals surface area contributed by atoms with Gasteiger partial charge in [0.1, 0.15) is 16.9 Å². The van der Waals surface area contributed by atoms with Gasteiger partial charge in [0.2, 0.25) is 0 Å². The van der Waals surface area contributed by atoms with E-state index in [4.69, 9.17) is 5.11 Å². The maximum Gasteiger partial charge on any atom is 0.258 e. The third-order valence-corrected chi connectivity index (χ3v) is 3.72. The van der Waals surface area contributed by atoms with Crippen molar-refractivity contribution in [2.24, 2.45) is 0 Å². The van der Waals surface area contributed by atoms with E-state index in [0.29, 0.717) is 35.3 Å². The highest BCUT2D eigenvalue weighted by atomic mass is 32.1. The molecule has 0 unspecified atom stereocenters. The molecule has 7 nitrogen and oxygen atoms in total. The van der Waals surface area contributed by atoms with Crippen LogP contribution >= 0.6 is 11.3 Å². The SMILES string of the molecule is O=c1[nH]cnc2c(-c3csc(NCCCO)n3)nccc12. The molecule has 0 saturated heterocycles. The molecule has 0 saturated carbocycles. The van der Waals surface area contributed by atoms with E-state index in [1.54, 1.807) is 12.3 Å². The number of fused-ring (bicyclic) bond motifs is 1. The first-order chi connectivity index (χ1) is 10.3. The minimum Gasteiger partial charge on any atom is -0.396 e. The summed E-state index contributed by atoms with van der Waals surface area (Å²) in [5.74, 6) is 0. The van der Waals surface area contributed by atoms with Gasteiger partial charge in [0.25, 0.3) is 5.56 Å². The lowest BCUT2D eigenvalue weighted by atomic mass is 10.2. The third kappa shape index (κ3) is 2.76. The molecule has 0 amide bonds. The average Bonchev–Trinajstić information content (AvgIpc) is 2.96. The summed E-state index contributed by atoms with van der Waals surface area (Å²) in [5, 5.41) is 15.0. The van der Waals surface area contributed by atoms with Crippen molar-refractivity contribution in [1.82, 2.24) is 19.9 Å². The Bertz CT molecular complexity index is 813. The van der Waals surface area contributed by atoms with E-state index in [1.807, 2.05) is 5.38 Å². The highest BCUT2D eigenvalue weighted by molar-refractivity contribution is 7.14. The minimum absolute atomic E-state index is 0.142. The monoisotopic (exact) mass is 303 g/mol. The van der Waals surface area contributed by atoms with Crippen molar-refractivity contribution < 1.29 is 5.11 Å². The van der Waals surface area contributed by atoms with Gasteiger partial charge in [-0.15, -0.1) is 11.3 Å². The molecule has 3 rings (SSSR count). The highest BCUT2D eigenvalue weighted by Gasteiger charge is 2.12. The number of anilines is 1. The van der Waals surface area contributed by atoms with E-state index in [-0.39, 0.29) is 12.2 Å². The standard InChI is InChI=1S/C13H13N5O2S/c19-5-1-3-15-13-18-9(6-21-13)11-10-8(2-4-14-11)12(20)17-7-16-10/h2,4,6-7,19H,1,3,5H2,(H,15,18)(H,16,17,20). The molecule has 8 heteroatoms. The van der Waals surface area contributed by atoms with Crippen LogP contribution in [0.15, 0.2) is 28.8 Å². The van der Waals surface area contributed by atoms with Gasteiger partial charge in [-0.1, -0.05) is 0 Å². The molecule has 3 aromatic rings. The van der Waals surface area contributed by atoms with E-state index in [9.17, 15) is 4.79 Å². The van der Waals surface area contributed by atoms with Crippen molar-refractivity contribution in [1.29, 1.82) is 0 Å². The van der Waals surface area contributed by atoms with Gasteiger partial charge >= 0.3 is 0 Å². The molecule has 0 radical (unpaired) electrons. The van der Waals surface area contributed by atoms with Gasteiger partial charge < -0.3 is 15.4 Å². The van der Waals surface area contributed by atoms with Crippen molar-refractivity contribution in [3.8, 4) is 11.4 Å². The number of aliphatic hydroxyl groups excluding tert-OH is 1. The number of nitrogens with zero attached hydrogens (tertiary/aromatic N) is 3. The Hall–Kier alpha value is -2.32. The Balaban J connectivity index is 1.97. The number of aliphatic hydroxyl groups is 1. The zero-order valence-corrected chi connectivity index (χ0v) is 11.9. The predicted octanol–water partition coefficient (Wildman–Crippen LogP) is 1.24. The van der Waals surface area contributed by atoms with Crippen LogP contribution in [-0.2, 0) is 0 Å².